The van der Waals surface area contributed by atoms with Gasteiger partial charge in [-0.15, -0.1) is 0 Å². The number of aryl methyl sites for hydroxylation is 1. The summed E-state index contributed by atoms with van der Waals surface area (Å²) in [5.41, 5.74) is 2.89. The maximum atomic E-state index is 3.62. The molecule has 16 heavy (non-hydrogen) atoms. The smallest absolute Gasteiger partial charge is 0.101 e. The Morgan fingerprint density at radius 3 is 2.62 bits per heavy atom. The zero-order chi connectivity index (χ0) is 11.5. The molecule has 0 unspecified atom stereocenters. The molecule has 1 aromatic heterocycles. The lowest BCUT2D eigenvalue weighted by Gasteiger charge is -2.05. The van der Waals surface area contributed by atoms with Gasteiger partial charge in [0.2, 0.25) is 0 Å². The van der Waals surface area contributed by atoms with E-state index in [-0.39, 0.29) is 8.80 Å². The Labute approximate surface area is 99.5 Å². The fraction of sp³-hybridized carbons (Fsp3) is 0.429. The molecule has 0 aliphatic carbocycles. The quantitative estimate of drug-likeness (QED) is 0.774. The fourth-order valence-corrected chi connectivity index (χ4v) is 3.49. The van der Waals surface area contributed by atoms with Crippen molar-refractivity contribution in [3.05, 3.63) is 29.8 Å². The van der Waals surface area contributed by atoms with Crippen molar-refractivity contribution < 1.29 is 0 Å². The first-order valence-corrected chi connectivity index (χ1v) is 8.64. The van der Waals surface area contributed by atoms with Crippen molar-refractivity contribution in [1.29, 1.82) is 0 Å². The van der Waals surface area contributed by atoms with Gasteiger partial charge < -0.3 is 4.98 Å². The number of fused-ring (bicyclic) bond motifs is 1. The lowest BCUT2D eigenvalue weighted by Crippen LogP contribution is -2.27. The number of aromatic amines is 1. The number of nitrogens with one attached hydrogen (secondary N) is 1. The third kappa shape index (κ3) is 2.07. The number of H-pyrrole nitrogens is 1. The van der Waals surface area contributed by atoms with E-state index < -0.39 is 0 Å². The zero-order valence-corrected chi connectivity index (χ0v) is 11.4. The average Bonchev–Trinajstić information content (AvgIpc) is 2.65. The van der Waals surface area contributed by atoms with Crippen LogP contribution in [-0.4, -0.2) is 13.8 Å². The molecule has 1 radical (unpaired) electrons. The minimum absolute atomic E-state index is 0.388. The molecular weight excluding hydrogens is 210 g/mol. The predicted octanol–water partition coefficient (Wildman–Crippen LogP) is 3.47. The molecule has 0 spiro atoms. The number of hydrogen-bond donors (Lipinski definition) is 1. The normalized spacial score (nSPS) is 11.5. The molecule has 0 fully saturated rings. The highest BCUT2D eigenvalue weighted by atomic mass is 28.3. The summed E-state index contributed by atoms with van der Waals surface area (Å²) in [6.45, 7) is 6.99. The van der Waals surface area contributed by atoms with Crippen LogP contribution in [0.2, 0.25) is 13.1 Å². The van der Waals surface area contributed by atoms with Crippen molar-refractivity contribution in [3.63, 3.8) is 0 Å². The highest BCUT2D eigenvalue weighted by Crippen LogP contribution is 2.18. The standard InChI is InChI=1S/C14H20NSi/c1-4-5-8-12-11-9-6-7-10-13(11)15-14(12)16(2)3/h6-7,9-10,15H,4-5,8H2,1-3H3. The number of benzene rings is 1. The van der Waals surface area contributed by atoms with Gasteiger partial charge in [-0.2, -0.15) is 0 Å². The van der Waals surface area contributed by atoms with Gasteiger partial charge in [0.25, 0.3) is 0 Å². The molecule has 0 amide bonds. The monoisotopic (exact) mass is 230 g/mol. The molecule has 0 saturated carbocycles. The van der Waals surface area contributed by atoms with E-state index in [1.54, 1.807) is 5.56 Å². The molecule has 1 nitrogen and oxygen atoms in total. The molecule has 1 aromatic carbocycles. The number of aromatic nitrogens is 1. The van der Waals surface area contributed by atoms with Crippen LogP contribution in [0.25, 0.3) is 10.9 Å². The van der Waals surface area contributed by atoms with E-state index >= 15 is 0 Å². The molecule has 1 N–H and O–H groups in total. The van der Waals surface area contributed by atoms with Crippen molar-refractivity contribution >= 4 is 25.0 Å². The average molecular weight is 230 g/mol. The SMILES string of the molecule is CCCCc1c([Si](C)C)[nH]c2ccccc12. The van der Waals surface area contributed by atoms with Gasteiger partial charge in [-0.25, -0.2) is 0 Å². The molecular formula is C14H20NSi. The molecule has 1 heterocycles. The number of unbranched alkanes of at least 4 members (excludes halogenated alkanes) is 1. The van der Waals surface area contributed by atoms with Crippen LogP contribution in [0.5, 0.6) is 0 Å². The maximum absolute atomic E-state index is 3.62. The Kier molecular flexibility index (Phi) is 3.49. The zero-order valence-electron chi connectivity index (χ0n) is 10.4. The molecule has 2 rings (SSSR count). The van der Waals surface area contributed by atoms with Crippen LogP contribution in [0.15, 0.2) is 24.3 Å². The molecule has 0 aliphatic heterocycles. The maximum Gasteiger partial charge on any atom is 0.101 e. The summed E-state index contributed by atoms with van der Waals surface area (Å²) in [5.74, 6) is 0. The van der Waals surface area contributed by atoms with Gasteiger partial charge in [0.1, 0.15) is 8.80 Å². The summed E-state index contributed by atoms with van der Waals surface area (Å²) in [4.78, 5) is 3.62. The third-order valence-electron chi connectivity index (χ3n) is 3.09. The molecule has 85 valence electrons. The van der Waals surface area contributed by atoms with Gasteiger partial charge in [0, 0.05) is 16.2 Å². The summed E-state index contributed by atoms with van der Waals surface area (Å²) in [7, 11) is -0.388. The first-order chi connectivity index (χ1) is 7.74. The summed E-state index contributed by atoms with van der Waals surface area (Å²) >= 11 is 0. The van der Waals surface area contributed by atoms with Crippen LogP contribution in [0.1, 0.15) is 25.3 Å². The topological polar surface area (TPSA) is 15.8 Å². The minimum atomic E-state index is -0.388. The largest absolute Gasteiger partial charge is 0.362 e. The lowest BCUT2D eigenvalue weighted by molar-refractivity contribution is 0.801. The van der Waals surface area contributed by atoms with Crippen molar-refractivity contribution in [1.82, 2.24) is 4.98 Å². The van der Waals surface area contributed by atoms with Gasteiger partial charge in [0.15, 0.2) is 0 Å². The second-order valence-corrected chi connectivity index (χ2v) is 7.13. The predicted molar refractivity (Wildman–Crippen MR) is 74.0 cm³/mol. The molecule has 2 heteroatoms. The van der Waals surface area contributed by atoms with E-state index in [9.17, 15) is 0 Å². The first-order valence-electron chi connectivity index (χ1n) is 6.14. The highest BCUT2D eigenvalue weighted by molar-refractivity contribution is 6.70. The molecule has 0 atom stereocenters. The van der Waals surface area contributed by atoms with Gasteiger partial charge in [-0.05, 0) is 24.5 Å². The highest BCUT2D eigenvalue weighted by Gasteiger charge is 2.13. The van der Waals surface area contributed by atoms with E-state index in [0.717, 1.165) is 0 Å². The van der Waals surface area contributed by atoms with Gasteiger partial charge in [0.05, 0.1) is 0 Å². The summed E-state index contributed by atoms with van der Waals surface area (Å²) in [5, 5.41) is 2.97. The minimum Gasteiger partial charge on any atom is -0.362 e. The van der Waals surface area contributed by atoms with Gasteiger partial charge in [-0.3, -0.25) is 0 Å². The Morgan fingerprint density at radius 1 is 1.19 bits per heavy atom. The molecule has 0 saturated heterocycles. The van der Waals surface area contributed by atoms with E-state index in [1.165, 1.54) is 35.5 Å². The number of rotatable bonds is 4. The summed E-state index contributed by atoms with van der Waals surface area (Å²) in [6, 6.07) is 8.71. The van der Waals surface area contributed by atoms with E-state index in [2.05, 4.69) is 49.3 Å². The van der Waals surface area contributed by atoms with Crippen molar-refractivity contribution in [2.24, 2.45) is 0 Å². The second kappa shape index (κ2) is 4.87. The van der Waals surface area contributed by atoms with Crippen molar-refractivity contribution in [2.45, 2.75) is 39.3 Å². The van der Waals surface area contributed by atoms with Crippen LogP contribution in [0.3, 0.4) is 0 Å². The van der Waals surface area contributed by atoms with Crippen LogP contribution in [-0.2, 0) is 6.42 Å². The van der Waals surface area contributed by atoms with Crippen LogP contribution in [0, 0.1) is 0 Å². The Bertz CT molecular complexity index is 471. The Balaban J connectivity index is 2.51. The molecule has 2 aromatic rings. The van der Waals surface area contributed by atoms with Gasteiger partial charge >= 0.3 is 0 Å². The summed E-state index contributed by atoms with van der Waals surface area (Å²) in [6.07, 6.45) is 3.80. The molecule has 0 bridgehead atoms. The number of hydrogen-bond acceptors (Lipinski definition) is 0. The first kappa shape index (κ1) is 11.5. The van der Waals surface area contributed by atoms with Crippen LogP contribution >= 0.6 is 0 Å². The third-order valence-corrected chi connectivity index (χ3v) is 4.52. The van der Waals surface area contributed by atoms with Crippen molar-refractivity contribution in [3.8, 4) is 0 Å². The Morgan fingerprint density at radius 2 is 1.94 bits per heavy atom. The van der Waals surface area contributed by atoms with Crippen LogP contribution < -0.4 is 5.32 Å². The van der Waals surface area contributed by atoms with Crippen molar-refractivity contribution in [2.75, 3.05) is 0 Å². The van der Waals surface area contributed by atoms with E-state index in [0.29, 0.717) is 0 Å². The number of para-hydroxylation sites is 1. The summed E-state index contributed by atoms with van der Waals surface area (Å²) < 4.78 is 0. The second-order valence-electron chi connectivity index (χ2n) is 4.63. The van der Waals surface area contributed by atoms with Gasteiger partial charge in [-0.1, -0.05) is 44.6 Å². The lowest BCUT2D eigenvalue weighted by atomic mass is 10.1. The molecule has 0 aliphatic rings. The van der Waals surface area contributed by atoms with E-state index in [1.807, 2.05) is 0 Å². The van der Waals surface area contributed by atoms with E-state index in [4.69, 9.17) is 0 Å². The Hall–Kier alpha value is -1.02. The van der Waals surface area contributed by atoms with Crippen LogP contribution in [0.4, 0.5) is 0 Å². The fourth-order valence-electron chi connectivity index (χ4n) is 2.24.